The van der Waals surface area contributed by atoms with E-state index in [0.29, 0.717) is 11.6 Å². The summed E-state index contributed by atoms with van der Waals surface area (Å²) < 4.78 is 23.2. The lowest BCUT2D eigenvalue weighted by Crippen LogP contribution is -2.33. The summed E-state index contributed by atoms with van der Waals surface area (Å²) in [6.07, 6.45) is 4.68. The molecular formula is C21H23N5O2S. The van der Waals surface area contributed by atoms with Crippen molar-refractivity contribution in [1.29, 1.82) is 5.26 Å². The lowest BCUT2D eigenvalue weighted by molar-refractivity contribution is 0.488. The molecule has 4 rings (SSSR count). The van der Waals surface area contributed by atoms with Crippen LogP contribution in [0.1, 0.15) is 14.3 Å². The number of hydrogen-bond donors (Lipinski definition) is 1. The fraction of sp³-hybridized carbons (Fsp3) is 0.286. The van der Waals surface area contributed by atoms with Crippen molar-refractivity contribution in [3.05, 3.63) is 48.7 Å². The molecule has 1 aromatic heterocycles. The fourth-order valence-corrected chi connectivity index (χ4v) is 4.15. The molecule has 0 unspecified atom stereocenters. The van der Waals surface area contributed by atoms with Gasteiger partial charge < -0.3 is 10.2 Å². The molecule has 0 amide bonds. The zero-order valence-corrected chi connectivity index (χ0v) is 16.9. The predicted molar refractivity (Wildman–Crippen MR) is 115 cm³/mol. The van der Waals surface area contributed by atoms with Crippen LogP contribution < -0.4 is 10.2 Å². The van der Waals surface area contributed by atoms with E-state index in [1.54, 1.807) is 30.5 Å². The van der Waals surface area contributed by atoms with E-state index in [2.05, 4.69) is 21.3 Å². The van der Waals surface area contributed by atoms with Crippen LogP contribution in [0.2, 0.25) is 0 Å². The summed E-state index contributed by atoms with van der Waals surface area (Å²) in [4.78, 5) is 11.6. The molecule has 1 N–H and O–H groups in total. The molecule has 3 aromatic rings. The van der Waals surface area contributed by atoms with Crippen molar-refractivity contribution < 1.29 is 9.84 Å². The predicted octanol–water partition coefficient (Wildman–Crippen LogP) is 3.76. The molecule has 8 heteroatoms. The molecule has 150 valence electrons. The molecule has 1 saturated heterocycles. The first-order valence-electron chi connectivity index (χ1n) is 9.41. The second kappa shape index (κ2) is 7.68. The van der Waals surface area contributed by atoms with Crippen molar-refractivity contribution in [2.75, 3.05) is 29.6 Å². The molecule has 0 atom stereocenters. The zero-order valence-electron chi connectivity index (χ0n) is 16.0. The number of aromatic nitrogens is 2. The quantitative estimate of drug-likeness (QED) is 0.700. The van der Waals surface area contributed by atoms with Gasteiger partial charge in [0.1, 0.15) is 0 Å². The normalized spacial score (nSPS) is 15.2. The fourth-order valence-electron chi connectivity index (χ4n) is 3.52. The Morgan fingerprint density at radius 3 is 2.55 bits per heavy atom. The zero-order chi connectivity index (χ0) is 20.4. The van der Waals surface area contributed by atoms with Gasteiger partial charge in [0, 0.05) is 44.0 Å². The number of para-hydroxylation sites is 1. The standard InChI is InChI=1S/C21H21N5O2S.H2/c1-29(27,28)18-7-5-17(6-8-18)24-21-23-14-16-3-2-4-19(20(16)25-21)26-11-9-15(13-22)10-12-26;/h2-8,14-15H,9-12H2,1H3,(H,23,24,25);1H. The van der Waals surface area contributed by atoms with Gasteiger partial charge in [-0.1, -0.05) is 12.1 Å². The Bertz CT molecular complexity index is 1180. The Morgan fingerprint density at radius 2 is 1.90 bits per heavy atom. The number of rotatable bonds is 4. The molecule has 0 aliphatic carbocycles. The number of nitriles is 1. The number of hydrogen-bond acceptors (Lipinski definition) is 7. The van der Waals surface area contributed by atoms with Crippen molar-refractivity contribution in [2.24, 2.45) is 5.92 Å². The van der Waals surface area contributed by atoms with Gasteiger partial charge in [-0.3, -0.25) is 0 Å². The highest BCUT2D eigenvalue weighted by atomic mass is 32.2. The van der Waals surface area contributed by atoms with Crippen molar-refractivity contribution in [3.8, 4) is 6.07 Å². The summed E-state index contributed by atoms with van der Waals surface area (Å²) in [7, 11) is -3.23. The average molecular weight is 410 g/mol. The maximum Gasteiger partial charge on any atom is 0.227 e. The van der Waals surface area contributed by atoms with Gasteiger partial charge in [0.25, 0.3) is 0 Å². The van der Waals surface area contributed by atoms with Crippen LogP contribution in [0.4, 0.5) is 17.3 Å². The lowest BCUT2D eigenvalue weighted by Gasteiger charge is -2.31. The van der Waals surface area contributed by atoms with Gasteiger partial charge in [0.2, 0.25) is 5.95 Å². The third-order valence-electron chi connectivity index (χ3n) is 5.15. The first kappa shape index (κ1) is 19.2. The molecule has 1 aliphatic rings. The van der Waals surface area contributed by atoms with E-state index in [0.717, 1.165) is 42.5 Å². The molecule has 2 aromatic carbocycles. The molecule has 0 bridgehead atoms. The Morgan fingerprint density at radius 1 is 1.17 bits per heavy atom. The molecule has 1 aliphatic heterocycles. The molecule has 0 radical (unpaired) electrons. The Balaban J connectivity index is 0.00000256. The third kappa shape index (κ3) is 4.15. The van der Waals surface area contributed by atoms with Gasteiger partial charge in [-0.15, -0.1) is 0 Å². The minimum absolute atomic E-state index is 0. The molecule has 1 fully saturated rings. The highest BCUT2D eigenvalue weighted by Gasteiger charge is 2.21. The first-order valence-corrected chi connectivity index (χ1v) is 11.3. The van der Waals surface area contributed by atoms with Crippen LogP contribution in [-0.2, 0) is 9.84 Å². The first-order chi connectivity index (χ1) is 13.9. The minimum atomic E-state index is -3.23. The number of fused-ring (bicyclic) bond motifs is 1. The summed E-state index contributed by atoms with van der Waals surface area (Å²) in [5.41, 5.74) is 2.61. The van der Waals surface area contributed by atoms with E-state index in [-0.39, 0.29) is 12.2 Å². The lowest BCUT2D eigenvalue weighted by atomic mass is 9.98. The summed E-state index contributed by atoms with van der Waals surface area (Å²) in [5.74, 6) is 0.576. The van der Waals surface area contributed by atoms with Crippen molar-refractivity contribution in [2.45, 2.75) is 17.7 Å². The number of nitrogens with one attached hydrogen (secondary N) is 1. The van der Waals surface area contributed by atoms with Crippen LogP contribution in [0.3, 0.4) is 0 Å². The van der Waals surface area contributed by atoms with Gasteiger partial charge in [-0.2, -0.15) is 5.26 Å². The average Bonchev–Trinajstić information content (AvgIpc) is 2.73. The van der Waals surface area contributed by atoms with E-state index >= 15 is 0 Å². The van der Waals surface area contributed by atoms with Gasteiger partial charge in [-0.05, 0) is 43.2 Å². The smallest absolute Gasteiger partial charge is 0.227 e. The summed E-state index contributed by atoms with van der Waals surface area (Å²) in [6.45, 7) is 1.66. The van der Waals surface area contributed by atoms with Crippen LogP contribution in [0.25, 0.3) is 10.9 Å². The van der Waals surface area contributed by atoms with Gasteiger partial charge in [0.05, 0.1) is 22.2 Å². The Labute approximate surface area is 171 Å². The second-order valence-corrected chi connectivity index (χ2v) is 9.24. The van der Waals surface area contributed by atoms with Gasteiger partial charge >= 0.3 is 0 Å². The number of anilines is 3. The topological polar surface area (TPSA) is 99.0 Å². The van der Waals surface area contributed by atoms with Gasteiger partial charge in [0.15, 0.2) is 9.84 Å². The molecule has 2 heterocycles. The van der Waals surface area contributed by atoms with Crippen LogP contribution in [-0.4, -0.2) is 37.7 Å². The highest BCUT2D eigenvalue weighted by molar-refractivity contribution is 7.90. The van der Waals surface area contributed by atoms with E-state index in [1.165, 1.54) is 6.26 Å². The van der Waals surface area contributed by atoms with E-state index in [9.17, 15) is 8.42 Å². The maximum absolute atomic E-state index is 11.6. The molecule has 0 saturated carbocycles. The Kier molecular flexibility index (Phi) is 5.07. The number of nitrogens with zero attached hydrogens (tertiary/aromatic N) is 4. The molecular weight excluding hydrogens is 386 g/mol. The van der Waals surface area contributed by atoms with E-state index in [1.807, 2.05) is 18.2 Å². The number of sulfone groups is 1. The van der Waals surface area contributed by atoms with Crippen LogP contribution >= 0.6 is 0 Å². The highest BCUT2D eigenvalue weighted by Crippen LogP contribution is 2.29. The Hall–Kier alpha value is -3.18. The van der Waals surface area contributed by atoms with Gasteiger partial charge in [-0.25, -0.2) is 18.4 Å². The second-order valence-electron chi connectivity index (χ2n) is 7.22. The summed E-state index contributed by atoms with van der Waals surface area (Å²) >= 11 is 0. The van der Waals surface area contributed by atoms with Crippen molar-refractivity contribution in [3.63, 3.8) is 0 Å². The molecule has 7 nitrogen and oxygen atoms in total. The van der Waals surface area contributed by atoms with E-state index < -0.39 is 9.84 Å². The summed E-state index contributed by atoms with van der Waals surface area (Å²) in [5, 5.41) is 13.2. The third-order valence-corrected chi connectivity index (χ3v) is 6.27. The molecule has 29 heavy (non-hydrogen) atoms. The van der Waals surface area contributed by atoms with Crippen molar-refractivity contribution in [1.82, 2.24) is 9.97 Å². The number of benzene rings is 2. The maximum atomic E-state index is 11.6. The van der Waals surface area contributed by atoms with E-state index in [4.69, 9.17) is 10.2 Å². The van der Waals surface area contributed by atoms with Crippen LogP contribution in [0.15, 0.2) is 53.6 Å². The summed E-state index contributed by atoms with van der Waals surface area (Å²) in [6, 6.07) is 14.9. The largest absolute Gasteiger partial charge is 0.370 e. The number of piperidine rings is 1. The van der Waals surface area contributed by atoms with Crippen molar-refractivity contribution >= 4 is 38.1 Å². The monoisotopic (exact) mass is 409 g/mol. The SMILES string of the molecule is CS(=O)(=O)c1ccc(Nc2ncc3cccc(N4CCC(C#N)CC4)c3n2)cc1.[HH]. The minimum Gasteiger partial charge on any atom is -0.370 e. The molecule has 0 spiro atoms. The van der Waals surface area contributed by atoms with Crippen LogP contribution in [0, 0.1) is 17.2 Å². The van der Waals surface area contributed by atoms with Crippen LogP contribution in [0.5, 0.6) is 0 Å².